The minimum Gasteiger partial charge on any atom is -0.508 e. The quantitative estimate of drug-likeness (QED) is 0.330. The van der Waals surface area contributed by atoms with Gasteiger partial charge in [-0.15, -0.1) is 0 Å². The van der Waals surface area contributed by atoms with Gasteiger partial charge in [-0.25, -0.2) is 9.78 Å². The number of aromatic hydroxyl groups is 1. The number of aromatic nitrogens is 5. The van der Waals surface area contributed by atoms with Gasteiger partial charge < -0.3 is 25.7 Å². The number of phenolic OH excluding ortho intramolecular Hbond substituents is 1. The Morgan fingerprint density at radius 3 is 2.90 bits per heavy atom. The summed E-state index contributed by atoms with van der Waals surface area (Å²) >= 11 is 0. The third kappa shape index (κ3) is 3.64. The third-order valence-electron chi connectivity index (χ3n) is 5.02. The number of nitrogens with zero attached hydrogens (tertiary/aromatic N) is 3. The molecule has 1 saturated carbocycles. The van der Waals surface area contributed by atoms with Crippen molar-refractivity contribution in [2.45, 2.75) is 12.8 Å². The zero-order valence-electron chi connectivity index (χ0n) is 16.1. The number of hydrogen-bond acceptors (Lipinski definition) is 6. The van der Waals surface area contributed by atoms with Crippen molar-refractivity contribution in [2.24, 2.45) is 5.92 Å². The second kappa shape index (κ2) is 7.11. The summed E-state index contributed by atoms with van der Waals surface area (Å²) in [6.07, 6.45) is 5.97. The topological polar surface area (TPSA) is 123 Å². The van der Waals surface area contributed by atoms with Gasteiger partial charge >= 0.3 is 5.69 Å². The number of benzene rings is 1. The maximum atomic E-state index is 11.5. The second-order valence-corrected chi connectivity index (χ2v) is 7.48. The standard InChI is InChI=1S/C21H21N7O2/c1-12-17(26-21(30)24-12)7-14-11-23-28-19(22-10-13-5-6-13)9-18(27-20(14)28)25-15-3-2-4-16(29)8-15/h2-4,7-9,11,13,22,29H,1,5-6,10H2,(H,25,27)(H2,24,26,30)/b17-7-. The molecular weight excluding hydrogens is 382 g/mol. The molecule has 30 heavy (non-hydrogen) atoms. The lowest BCUT2D eigenvalue weighted by Gasteiger charge is -2.12. The Hall–Kier alpha value is -4.01. The van der Waals surface area contributed by atoms with Crippen LogP contribution in [-0.2, 0) is 0 Å². The molecule has 1 aliphatic carbocycles. The average molecular weight is 403 g/mol. The van der Waals surface area contributed by atoms with Gasteiger partial charge in [0.2, 0.25) is 0 Å². The number of anilines is 3. The van der Waals surface area contributed by atoms with Gasteiger partial charge in [-0.05, 0) is 37.0 Å². The first-order valence-electron chi connectivity index (χ1n) is 9.73. The Kier molecular flexibility index (Phi) is 4.27. The van der Waals surface area contributed by atoms with Crippen LogP contribution in [0.15, 0.2) is 41.3 Å². The Morgan fingerprint density at radius 2 is 2.17 bits per heavy atom. The van der Waals surface area contributed by atoms with E-state index < -0.39 is 0 Å². The van der Waals surface area contributed by atoms with Crippen LogP contribution in [-0.4, -0.2) is 36.2 Å². The highest BCUT2D eigenvalue weighted by molar-refractivity contribution is 5.71. The molecule has 0 amide bonds. The smallest absolute Gasteiger partial charge is 0.323 e. The van der Waals surface area contributed by atoms with Crippen LogP contribution in [0.1, 0.15) is 18.4 Å². The van der Waals surface area contributed by atoms with Crippen LogP contribution in [0.4, 0.5) is 17.3 Å². The predicted molar refractivity (Wildman–Crippen MR) is 115 cm³/mol. The van der Waals surface area contributed by atoms with Crippen LogP contribution in [0.2, 0.25) is 0 Å². The number of H-pyrrole nitrogens is 2. The molecule has 0 saturated heterocycles. The van der Waals surface area contributed by atoms with Gasteiger partial charge in [0.1, 0.15) is 17.4 Å². The number of phenols is 1. The minimum absolute atomic E-state index is 0.172. The first-order valence-corrected chi connectivity index (χ1v) is 9.73. The number of nitrogens with one attached hydrogen (secondary N) is 4. The van der Waals surface area contributed by atoms with E-state index in [9.17, 15) is 9.90 Å². The highest BCUT2D eigenvalue weighted by Gasteiger charge is 2.21. The molecule has 3 heterocycles. The monoisotopic (exact) mass is 403 g/mol. The zero-order valence-corrected chi connectivity index (χ0v) is 16.1. The summed E-state index contributed by atoms with van der Waals surface area (Å²) in [6, 6.07) is 8.75. The van der Waals surface area contributed by atoms with Gasteiger partial charge in [0, 0.05) is 29.9 Å². The largest absolute Gasteiger partial charge is 0.508 e. The Labute approximate surface area is 170 Å². The lowest BCUT2D eigenvalue weighted by molar-refractivity contribution is 0.475. The molecule has 152 valence electrons. The summed E-state index contributed by atoms with van der Waals surface area (Å²) in [6.45, 7) is 4.72. The summed E-state index contributed by atoms with van der Waals surface area (Å²) in [5.41, 5.74) is 1.78. The van der Waals surface area contributed by atoms with Crippen molar-refractivity contribution in [3.8, 4) is 5.75 Å². The van der Waals surface area contributed by atoms with Gasteiger partial charge in [0.25, 0.3) is 0 Å². The van der Waals surface area contributed by atoms with Gasteiger partial charge in [0.15, 0.2) is 5.65 Å². The number of aromatic amines is 2. The van der Waals surface area contributed by atoms with Gasteiger partial charge in [-0.2, -0.15) is 9.61 Å². The Balaban J connectivity index is 1.61. The molecule has 1 fully saturated rings. The molecule has 4 aromatic rings. The van der Waals surface area contributed by atoms with Crippen molar-refractivity contribution in [1.82, 2.24) is 24.6 Å². The highest BCUT2D eigenvalue weighted by Crippen LogP contribution is 2.30. The van der Waals surface area contributed by atoms with Crippen LogP contribution < -0.4 is 27.0 Å². The Morgan fingerprint density at radius 1 is 1.30 bits per heavy atom. The molecule has 5 rings (SSSR count). The molecule has 1 aromatic carbocycles. The fraction of sp³-hybridized carbons (Fsp3) is 0.190. The van der Waals surface area contributed by atoms with Crippen molar-refractivity contribution < 1.29 is 5.11 Å². The van der Waals surface area contributed by atoms with Crippen LogP contribution in [0, 0.1) is 5.92 Å². The number of fused-ring (bicyclic) bond motifs is 1. The molecule has 9 heteroatoms. The van der Waals surface area contributed by atoms with E-state index in [1.54, 1.807) is 35.0 Å². The van der Waals surface area contributed by atoms with Crippen molar-refractivity contribution in [3.05, 3.63) is 63.3 Å². The first-order chi connectivity index (χ1) is 14.5. The normalized spacial score (nSPS) is 14.3. The van der Waals surface area contributed by atoms with E-state index in [1.165, 1.54) is 12.8 Å². The van der Waals surface area contributed by atoms with Crippen LogP contribution in [0.5, 0.6) is 5.75 Å². The van der Waals surface area contributed by atoms with E-state index in [0.29, 0.717) is 28.1 Å². The molecule has 9 nitrogen and oxygen atoms in total. The molecule has 0 radical (unpaired) electrons. The molecule has 3 aromatic heterocycles. The predicted octanol–water partition coefficient (Wildman–Crippen LogP) is 1.26. The molecule has 0 atom stereocenters. The maximum absolute atomic E-state index is 11.5. The fourth-order valence-electron chi connectivity index (χ4n) is 3.29. The van der Waals surface area contributed by atoms with Crippen molar-refractivity contribution in [1.29, 1.82) is 0 Å². The fourth-order valence-corrected chi connectivity index (χ4v) is 3.29. The van der Waals surface area contributed by atoms with Crippen molar-refractivity contribution in [2.75, 3.05) is 17.2 Å². The first kappa shape index (κ1) is 18.0. The summed E-state index contributed by atoms with van der Waals surface area (Å²) < 4.78 is 1.75. The molecule has 0 aliphatic heterocycles. The SMILES string of the molecule is C=c1[nH]c(=O)[nH]/c1=C\c1cnn2c(NCC3CC3)cc(Nc3cccc(O)c3)nc12. The lowest BCUT2D eigenvalue weighted by atomic mass is 10.3. The molecule has 0 spiro atoms. The van der Waals surface area contributed by atoms with E-state index in [4.69, 9.17) is 4.98 Å². The van der Waals surface area contributed by atoms with Crippen molar-refractivity contribution >= 4 is 35.6 Å². The van der Waals surface area contributed by atoms with E-state index >= 15 is 0 Å². The summed E-state index contributed by atoms with van der Waals surface area (Å²) in [5.74, 6) is 2.28. The van der Waals surface area contributed by atoms with Gasteiger partial charge in [-0.1, -0.05) is 12.6 Å². The van der Waals surface area contributed by atoms with Crippen LogP contribution >= 0.6 is 0 Å². The van der Waals surface area contributed by atoms with Gasteiger partial charge in [-0.3, -0.25) is 0 Å². The zero-order chi connectivity index (χ0) is 20.7. The third-order valence-corrected chi connectivity index (χ3v) is 5.02. The van der Waals surface area contributed by atoms with Crippen molar-refractivity contribution in [3.63, 3.8) is 0 Å². The Bertz CT molecular complexity index is 1390. The lowest BCUT2D eigenvalue weighted by Crippen LogP contribution is -2.22. The van der Waals surface area contributed by atoms with E-state index in [-0.39, 0.29) is 11.4 Å². The summed E-state index contributed by atoms with van der Waals surface area (Å²) in [4.78, 5) is 21.6. The van der Waals surface area contributed by atoms with E-state index in [0.717, 1.165) is 23.6 Å². The number of rotatable bonds is 6. The molecule has 5 N–H and O–H groups in total. The molecule has 1 aliphatic rings. The minimum atomic E-state index is -0.311. The number of hydrogen-bond donors (Lipinski definition) is 5. The summed E-state index contributed by atoms with van der Waals surface area (Å²) in [5, 5.41) is 22.0. The van der Waals surface area contributed by atoms with Gasteiger partial charge in [0.05, 0.1) is 16.9 Å². The highest BCUT2D eigenvalue weighted by atomic mass is 16.3. The second-order valence-electron chi connectivity index (χ2n) is 7.48. The van der Waals surface area contributed by atoms with E-state index in [2.05, 4.69) is 32.3 Å². The summed E-state index contributed by atoms with van der Waals surface area (Å²) in [7, 11) is 0. The van der Waals surface area contributed by atoms with Crippen LogP contribution in [0.25, 0.3) is 18.3 Å². The number of imidazole rings is 1. The van der Waals surface area contributed by atoms with E-state index in [1.807, 2.05) is 12.1 Å². The maximum Gasteiger partial charge on any atom is 0.323 e. The molecular formula is C21H21N7O2. The molecule has 0 unspecified atom stereocenters. The van der Waals surface area contributed by atoms with Crippen LogP contribution in [0.3, 0.4) is 0 Å². The molecule has 0 bridgehead atoms. The average Bonchev–Trinajstić information content (AvgIpc) is 3.37.